The maximum Gasteiger partial charge on any atom is 0.0778 e. The van der Waals surface area contributed by atoms with Gasteiger partial charge < -0.3 is 10.1 Å². The maximum absolute atomic E-state index is 5.46. The van der Waals surface area contributed by atoms with Gasteiger partial charge in [0, 0.05) is 7.11 Å². The van der Waals surface area contributed by atoms with Crippen LogP contribution in [0.2, 0.25) is 0 Å². The van der Waals surface area contributed by atoms with Crippen molar-refractivity contribution in [2.24, 2.45) is 0 Å². The van der Waals surface area contributed by atoms with E-state index in [0.29, 0.717) is 12.1 Å². The van der Waals surface area contributed by atoms with Crippen LogP contribution in [0.15, 0.2) is 24.3 Å². The molecule has 2 rings (SSSR count). The van der Waals surface area contributed by atoms with Gasteiger partial charge in [-0.15, -0.1) is 0 Å². The molecule has 0 amide bonds. The van der Waals surface area contributed by atoms with Crippen LogP contribution in [0.1, 0.15) is 23.6 Å². The number of hydrogen-bond acceptors (Lipinski definition) is 2. The topological polar surface area (TPSA) is 21.3 Å². The summed E-state index contributed by atoms with van der Waals surface area (Å²) in [7, 11) is 1.79. The molecule has 76 valence electrons. The molecular formula is C12H17NO. The number of aryl methyl sites for hydroxylation is 1. The van der Waals surface area contributed by atoms with Crippen molar-refractivity contribution >= 4 is 0 Å². The minimum atomic E-state index is 0.330. The van der Waals surface area contributed by atoms with Crippen molar-refractivity contribution in [1.82, 2.24) is 5.32 Å². The maximum atomic E-state index is 5.46. The second-order valence-electron chi connectivity index (χ2n) is 3.91. The summed E-state index contributed by atoms with van der Waals surface area (Å²) in [4.78, 5) is 0. The van der Waals surface area contributed by atoms with E-state index in [1.54, 1.807) is 7.11 Å². The van der Waals surface area contributed by atoms with Crippen LogP contribution < -0.4 is 5.32 Å². The number of rotatable bonds is 2. The molecule has 1 saturated heterocycles. The third kappa shape index (κ3) is 1.81. The Morgan fingerprint density at radius 1 is 1.43 bits per heavy atom. The van der Waals surface area contributed by atoms with Gasteiger partial charge in [0.15, 0.2) is 0 Å². The minimum Gasteiger partial charge on any atom is -0.379 e. The van der Waals surface area contributed by atoms with Crippen LogP contribution in [-0.4, -0.2) is 19.8 Å². The molecule has 0 aliphatic carbocycles. The molecule has 2 atom stereocenters. The van der Waals surface area contributed by atoms with Gasteiger partial charge in [-0.1, -0.05) is 29.8 Å². The number of methoxy groups -OCH3 is 1. The van der Waals surface area contributed by atoms with Gasteiger partial charge >= 0.3 is 0 Å². The van der Waals surface area contributed by atoms with E-state index >= 15 is 0 Å². The van der Waals surface area contributed by atoms with Crippen molar-refractivity contribution in [3.63, 3.8) is 0 Å². The zero-order chi connectivity index (χ0) is 9.97. The SMILES string of the molecule is COC1CCNC1c1cccc(C)c1. The van der Waals surface area contributed by atoms with Crippen molar-refractivity contribution in [3.8, 4) is 0 Å². The molecule has 14 heavy (non-hydrogen) atoms. The first kappa shape index (κ1) is 9.69. The highest BCUT2D eigenvalue weighted by Crippen LogP contribution is 2.26. The molecule has 0 saturated carbocycles. The first-order valence-corrected chi connectivity index (χ1v) is 5.14. The summed E-state index contributed by atoms with van der Waals surface area (Å²) in [6, 6.07) is 9.01. The fraction of sp³-hybridized carbons (Fsp3) is 0.500. The molecule has 2 unspecified atom stereocenters. The van der Waals surface area contributed by atoms with E-state index in [9.17, 15) is 0 Å². The Morgan fingerprint density at radius 3 is 3.00 bits per heavy atom. The van der Waals surface area contributed by atoms with Crippen LogP contribution in [0.25, 0.3) is 0 Å². The van der Waals surface area contributed by atoms with E-state index in [0.717, 1.165) is 13.0 Å². The third-order valence-corrected chi connectivity index (χ3v) is 2.87. The highest BCUT2D eigenvalue weighted by atomic mass is 16.5. The summed E-state index contributed by atoms with van der Waals surface area (Å²) in [6.07, 6.45) is 1.44. The predicted octanol–water partition coefficient (Wildman–Crippen LogP) is 2.04. The Labute approximate surface area is 85.3 Å². The lowest BCUT2D eigenvalue weighted by molar-refractivity contribution is 0.0920. The molecule has 2 nitrogen and oxygen atoms in total. The summed E-state index contributed by atoms with van der Waals surface area (Å²) in [5.41, 5.74) is 2.65. The van der Waals surface area contributed by atoms with E-state index in [-0.39, 0.29) is 0 Å². The summed E-state index contributed by atoms with van der Waals surface area (Å²) in [6.45, 7) is 3.18. The van der Waals surface area contributed by atoms with Crippen LogP contribution in [0, 0.1) is 6.92 Å². The zero-order valence-electron chi connectivity index (χ0n) is 8.79. The Hall–Kier alpha value is -0.860. The molecule has 0 bridgehead atoms. The van der Waals surface area contributed by atoms with Gasteiger partial charge in [0.25, 0.3) is 0 Å². The summed E-state index contributed by atoms with van der Waals surface area (Å²) < 4.78 is 5.46. The van der Waals surface area contributed by atoms with Gasteiger partial charge in [0.05, 0.1) is 12.1 Å². The summed E-state index contributed by atoms with van der Waals surface area (Å²) >= 11 is 0. The van der Waals surface area contributed by atoms with Gasteiger partial charge in [-0.05, 0) is 25.5 Å². The third-order valence-electron chi connectivity index (χ3n) is 2.87. The summed E-state index contributed by atoms with van der Waals surface area (Å²) in [5, 5.41) is 3.48. The number of nitrogens with one attached hydrogen (secondary N) is 1. The predicted molar refractivity (Wildman–Crippen MR) is 57.3 cm³/mol. The van der Waals surface area contributed by atoms with E-state index < -0.39 is 0 Å². The van der Waals surface area contributed by atoms with E-state index in [1.165, 1.54) is 11.1 Å². The monoisotopic (exact) mass is 191 g/mol. The first-order chi connectivity index (χ1) is 6.81. The van der Waals surface area contributed by atoms with Crippen LogP contribution in [0.5, 0.6) is 0 Å². The molecular weight excluding hydrogens is 174 g/mol. The fourth-order valence-electron chi connectivity index (χ4n) is 2.13. The molecule has 1 N–H and O–H groups in total. The van der Waals surface area contributed by atoms with Crippen molar-refractivity contribution in [2.45, 2.75) is 25.5 Å². The number of hydrogen-bond donors (Lipinski definition) is 1. The molecule has 1 aromatic rings. The molecule has 1 aromatic carbocycles. The highest BCUT2D eigenvalue weighted by Gasteiger charge is 2.27. The average molecular weight is 191 g/mol. The van der Waals surface area contributed by atoms with Crippen molar-refractivity contribution in [3.05, 3.63) is 35.4 Å². The minimum absolute atomic E-state index is 0.330. The fourth-order valence-corrected chi connectivity index (χ4v) is 2.13. The van der Waals surface area contributed by atoms with Crippen molar-refractivity contribution < 1.29 is 4.74 Å². The van der Waals surface area contributed by atoms with Crippen LogP contribution in [0.3, 0.4) is 0 Å². The van der Waals surface area contributed by atoms with Crippen LogP contribution in [-0.2, 0) is 4.74 Å². The van der Waals surface area contributed by atoms with Crippen LogP contribution in [0.4, 0.5) is 0 Å². The molecule has 0 radical (unpaired) electrons. The van der Waals surface area contributed by atoms with E-state index in [4.69, 9.17) is 4.74 Å². The number of benzene rings is 1. The smallest absolute Gasteiger partial charge is 0.0778 e. The Bertz CT molecular complexity index is 311. The van der Waals surface area contributed by atoms with Crippen LogP contribution >= 0.6 is 0 Å². The van der Waals surface area contributed by atoms with E-state index in [2.05, 4.69) is 36.5 Å². The van der Waals surface area contributed by atoms with E-state index in [1.807, 2.05) is 0 Å². The first-order valence-electron chi connectivity index (χ1n) is 5.14. The molecule has 2 heteroatoms. The normalized spacial score (nSPS) is 26.7. The van der Waals surface area contributed by atoms with Gasteiger partial charge in [0.2, 0.25) is 0 Å². The molecule has 1 aliphatic rings. The lowest BCUT2D eigenvalue weighted by atomic mass is 10.0. The zero-order valence-corrected chi connectivity index (χ0v) is 8.79. The molecule has 0 aromatic heterocycles. The van der Waals surface area contributed by atoms with Crippen molar-refractivity contribution in [1.29, 1.82) is 0 Å². The lowest BCUT2D eigenvalue weighted by Gasteiger charge is -2.18. The Morgan fingerprint density at radius 2 is 2.29 bits per heavy atom. The lowest BCUT2D eigenvalue weighted by Crippen LogP contribution is -2.22. The average Bonchev–Trinajstić information content (AvgIpc) is 2.65. The molecule has 1 heterocycles. The molecule has 1 fully saturated rings. The van der Waals surface area contributed by atoms with Gasteiger partial charge in [-0.25, -0.2) is 0 Å². The Balaban J connectivity index is 2.21. The summed E-state index contributed by atoms with van der Waals surface area (Å²) in [5.74, 6) is 0. The molecule has 0 spiro atoms. The number of ether oxygens (including phenoxy) is 1. The largest absolute Gasteiger partial charge is 0.379 e. The van der Waals surface area contributed by atoms with Gasteiger partial charge in [-0.3, -0.25) is 0 Å². The van der Waals surface area contributed by atoms with Gasteiger partial charge in [0.1, 0.15) is 0 Å². The molecule has 1 aliphatic heterocycles. The highest BCUT2D eigenvalue weighted by molar-refractivity contribution is 5.26. The van der Waals surface area contributed by atoms with Gasteiger partial charge in [-0.2, -0.15) is 0 Å². The quantitative estimate of drug-likeness (QED) is 0.772. The second-order valence-corrected chi connectivity index (χ2v) is 3.91. The van der Waals surface area contributed by atoms with Crippen molar-refractivity contribution in [2.75, 3.05) is 13.7 Å². The second kappa shape index (κ2) is 4.11. The Kier molecular flexibility index (Phi) is 2.85. The standard InChI is InChI=1S/C12H17NO/c1-9-4-3-5-10(8-9)12-11(14-2)6-7-13-12/h3-5,8,11-13H,6-7H2,1-2H3.